The first-order chi connectivity index (χ1) is 13.8. The van der Waals surface area contributed by atoms with Crippen LogP contribution >= 0.6 is 11.6 Å². The van der Waals surface area contributed by atoms with Crippen molar-refractivity contribution in [3.8, 4) is 0 Å². The van der Waals surface area contributed by atoms with Gasteiger partial charge in [0.25, 0.3) is 11.8 Å². The van der Waals surface area contributed by atoms with Gasteiger partial charge in [-0.25, -0.2) is 4.79 Å². The van der Waals surface area contributed by atoms with Crippen LogP contribution in [0.4, 0.5) is 0 Å². The van der Waals surface area contributed by atoms with E-state index in [0.717, 1.165) is 0 Å². The van der Waals surface area contributed by atoms with Crippen molar-refractivity contribution in [1.29, 1.82) is 0 Å². The number of furan rings is 1. The van der Waals surface area contributed by atoms with E-state index in [1.807, 2.05) is 0 Å². The summed E-state index contributed by atoms with van der Waals surface area (Å²) in [7, 11) is 0. The molecule has 0 saturated heterocycles. The molecule has 8 heteroatoms. The van der Waals surface area contributed by atoms with Gasteiger partial charge in [0, 0.05) is 5.02 Å². The molecule has 0 saturated carbocycles. The zero-order valence-corrected chi connectivity index (χ0v) is 17.2. The van der Waals surface area contributed by atoms with Gasteiger partial charge in [0.2, 0.25) is 0 Å². The lowest BCUT2D eigenvalue weighted by Crippen LogP contribution is -2.47. The largest absolute Gasteiger partial charge is 0.464 e. The number of ether oxygens (including phenoxy) is 1. The molecule has 0 radical (unpaired) electrons. The standard InChI is InChI=1S/C21H23ClN2O5/c1-4-28-21(27)18(13(2)3)24-19(25)16(12-14-7-9-15(22)10-8-14)23-20(26)17-6-5-11-29-17/h5-13,18H,4H2,1-3H3,(H,23,26)(H,24,25)/b16-12-/t18-/m1/s1. The number of halogens is 1. The fraction of sp³-hybridized carbons (Fsp3) is 0.286. The van der Waals surface area contributed by atoms with Gasteiger partial charge in [-0.3, -0.25) is 9.59 Å². The van der Waals surface area contributed by atoms with E-state index < -0.39 is 23.8 Å². The van der Waals surface area contributed by atoms with E-state index in [2.05, 4.69) is 10.6 Å². The van der Waals surface area contributed by atoms with Crippen molar-refractivity contribution in [2.24, 2.45) is 5.92 Å². The average Bonchev–Trinajstić information content (AvgIpc) is 3.21. The van der Waals surface area contributed by atoms with Crippen LogP contribution in [-0.2, 0) is 14.3 Å². The summed E-state index contributed by atoms with van der Waals surface area (Å²) in [6, 6.07) is 8.88. The summed E-state index contributed by atoms with van der Waals surface area (Å²) >= 11 is 5.90. The monoisotopic (exact) mass is 418 g/mol. The number of hydrogen-bond donors (Lipinski definition) is 2. The third kappa shape index (κ3) is 6.50. The maximum Gasteiger partial charge on any atom is 0.328 e. The van der Waals surface area contributed by atoms with Crippen molar-refractivity contribution >= 4 is 35.5 Å². The molecule has 7 nitrogen and oxygen atoms in total. The van der Waals surface area contributed by atoms with Gasteiger partial charge in [-0.2, -0.15) is 0 Å². The molecule has 0 fully saturated rings. The van der Waals surface area contributed by atoms with E-state index in [0.29, 0.717) is 10.6 Å². The van der Waals surface area contributed by atoms with Gasteiger partial charge >= 0.3 is 5.97 Å². The highest BCUT2D eigenvalue weighted by atomic mass is 35.5. The number of amides is 2. The Balaban J connectivity index is 2.29. The Kier molecular flexibility index (Phi) is 8.03. The minimum absolute atomic E-state index is 0.0469. The highest BCUT2D eigenvalue weighted by molar-refractivity contribution is 6.30. The highest BCUT2D eigenvalue weighted by Crippen LogP contribution is 2.13. The summed E-state index contributed by atoms with van der Waals surface area (Å²) in [6.07, 6.45) is 2.84. The van der Waals surface area contributed by atoms with Crippen molar-refractivity contribution < 1.29 is 23.5 Å². The van der Waals surface area contributed by atoms with Crippen LogP contribution < -0.4 is 10.6 Å². The van der Waals surface area contributed by atoms with E-state index in [-0.39, 0.29) is 24.0 Å². The number of rotatable bonds is 8. The molecule has 1 aromatic carbocycles. The van der Waals surface area contributed by atoms with Crippen molar-refractivity contribution in [3.05, 3.63) is 64.7 Å². The molecule has 2 aromatic rings. The molecule has 0 bridgehead atoms. The second-order valence-corrected chi connectivity index (χ2v) is 6.92. The number of esters is 1. The van der Waals surface area contributed by atoms with Crippen molar-refractivity contribution in [1.82, 2.24) is 10.6 Å². The summed E-state index contributed by atoms with van der Waals surface area (Å²) in [4.78, 5) is 37.4. The van der Waals surface area contributed by atoms with Gasteiger partial charge in [-0.15, -0.1) is 0 Å². The van der Waals surface area contributed by atoms with Crippen molar-refractivity contribution in [2.45, 2.75) is 26.8 Å². The van der Waals surface area contributed by atoms with Gasteiger partial charge in [0.1, 0.15) is 11.7 Å². The molecule has 0 aliphatic carbocycles. The Morgan fingerprint density at radius 3 is 2.41 bits per heavy atom. The number of carbonyl (C=O) groups is 3. The van der Waals surface area contributed by atoms with E-state index in [4.69, 9.17) is 20.8 Å². The molecule has 1 heterocycles. The third-order valence-corrected chi connectivity index (χ3v) is 4.16. The average molecular weight is 419 g/mol. The molecule has 154 valence electrons. The quantitative estimate of drug-likeness (QED) is 0.505. The van der Waals surface area contributed by atoms with Crippen LogP contribution in [0.3, 0.4) is 0 Å². The zero-order chi connectivity index (χ0) is 21.4. The first-order valence-corrected chi connectivity index (χ1v) is 9.49. The molecule has 0 spiro atoms. The fourth-order valence-corrected chi connectivity index (χ4v) is 2.55. The summed E-state index contributed by atoms with van der Waals surface area (Å²) in [6.45, 7) is 5.45. The smallest absolute Gasteiger partial charge is 0.328 e. The minimum Gasteiger partial charge on any atom is -0.464 e. The van der Waals surface area contributed by atoms with Crippen LogP contribution in [0.2, 0.25) is 5.02 Å². The SMILES string of the molecule is CCOC(=O)[C@H](NC(=O)/C(=C/c1ccc(Cl)cc1)NC(=O)c1ccco1)C(C)C. The van der Waals surface area contributed by atoms with E-state index >= 15 is 0 Å². The molecule has 0 unspecified atom stereocenters. The second-order valence-electron chi connectivity index (χ2n) is 6.49. The highest BCUT2D eigenvalue weighted by Gasteiger charge is 2.27. The van der Waals surface area contributed by atoms with E-state index in [9.17, 15) is 14.4 Å². The van der Waals surface area contributed by atoms with Crippen LogP contribution in [0.15, 0.2) is 52.8 Å². The summed E-state index contributed by atoms with van der Waals surface area (Å²) in [5.74, 6) is -1.94. The van der Waals surface area contributed by atoms with E-state index in [1.165, 1.54) is 18.4 Å². The zero-order valence-electron chi connectivity index (χ0n) is 16.4. The fourth-order valence-electron chi connectivity index (χ4n) is 2.42. The summed E-state index contributed by atoms with van der Waals surface area (Å²) in [5, 5.41) is 5.70. The van der Waals surface area contributed by atoms with Crippen LogP contribution in [0, 0.1) is 5.92 Å². The Bertz CT molecular complexity index is 873. The van der Waals surface area contributed by atoms with Crippen LogP contribution in [0.5, 0.6) is 0 Å². The van der Waals surface area contributed by atoms with Gasteiger partial charge in [-0.05, 0) is 48.7 Å². The number of nitrogens with one attached hydrogen (secondary N) is 2. The van der Waals surface area contributed by atoms with Crippen molar-refractivity contribution in [2.75, 3.05) is 6.61 Å². The van der Waals surface area contributed by atoms with Gasteiger partial charge in [-0.1, -0.05) is 37.6 Å². The predicted octanol–water partition coefficient (Wildman–Crippen LogP) is 3.41. The molecule has 2 amide bonds. The second kappa shape index (κ2) is 10.5. The van der Waals surface area contributed by atoms with Gasteiger partial charge < -0.3 is 19.8 Å². The van der Waals surface area contributed by atoms with Crippen LogP contribution in [0.25, 0.3) is 6.08 Å². The number of benzene rings is 1. The Morgan fingerprint density at radius 1 is 1.17 bits per heavy atom. The molecular formula is C21H23ClN2O5. The minimum atomic E-state index is -0.864. The number of carbonyl (C=O) groups excluding carboxylic acids is 3. The molecule has 29 heavy (non-hydrogen) atoms. The number of hydrogen-bond acceptors (Lipinski definition) is 5. The molecule has 1 aromatic heterocycles. The molecule has 0 aliphatic rings. The van der Waals surface area contributed by atoms with Crippen LogP contribution in [-0.4, -0.2) is 30.4 Å². The molecule has 0 aliphatic heterocycles. The third-order valence-electron chi connectivity index (χ3n) is 3.91. The summed E-state index contributed by atoms with van der Waals surface area (Å²) < 4.78 is 10.1. The summed E-state index contributed by atoms with van der Waals surface area (Å²) in [5.41, 5.74) is 0.584. The lowest BCUT2D eigenvalue weighted by Gasteiger charge is -2.21. The molecule has 2 N–H and O–H groups in total. The first-order valence-electron chi connectivity index (χ1n) is 9.11. The van der Waals surface area contributed by atoms with Crippen LogP contribution in [0.1, 0.15) is 36.9 Å². The Hall–Kier alpha value is -3.06. The van der Waals surface area contributed by atoms with Gasteiger partial charge in [0.15, 0.2) is 5.76 Å². The normalized spacial score (nSPS) is 12.4. The Labute approximate surface area is 174 Å². The molecule has 2 rings (SSSR count). The Morgan fingerprint density at radius 2 is 1.86 bits per heavy atom. The van der Waals surface area contributed by atoms with Crippen molar-refractivity contribution in [3.63, 3.8) is 0 Å². The first kappa shape index (κ1) is 22.2. The molecule has 1 atom stereocenters. The topological polar surface area (TPSA) is 97.6 Å². The maximum atomic E-state index is 12.9. The lowest BCUT2D eigenvalue weighted by molar-refractivity contribution is -0.148. The maximum absolute atomic E-state index is 12.9. The predicted molar refractivity (Wildman–Crippen MR) is 109 cm³/mol. The lowest BCUT2D eigenvalue weighted by atomic mass is 10.0. The van der Waals surface area contributed by atoms with E-state index in [1.54, 1.807) is 51.1 Å². The van der Waals surface area contributed by atoms with Gasteiger partial charge in [0.05, 0.1) is 12.9 Å². The molecular weight excluding hydrogens is 396 g/mol.